The van der Waals surface area contributed by atoms with E-state index in [1.165, 1.54) is 19.2 Å². The molecule has 82 valence electrons. The van der Waals surface area contributed by atoms with Crippen molar-refractivity contribution < 1.29 is 14.4 Å². The van der Waals surface area contributed by atoms with Crippen LogP contribution in [0.15, 0.2) is 24.3 Å². The predicted octanol–water partition coefficient (Wildman–Crippen LogP) is 2.28. The number of hydrogen-bond acceptors (Lipinski definition) is 4. The fourth-order valence-electron chi connectivity index (χ4n) is 1.20. The van der Waals surface area contributed by atoms with E-state index in [4.69, 9.17) is 9.47 Å². The molecule has 15 heavy (non-hydrogen) atoms. The normalized spacial score (nSPS) is 12.4. The number of nitrogens with zero attached hydrogens (tertiary/aromatic N) is 1. The lowest BCUT2D eigenvalue weighted by Gasteiger charge is -2.14. The number of nitro groups is 1. The standard InChI is InChI=1S/C10H13NO4/c1-3-15-10(14-2)8-4-6-9(7-5-8)11(12)13/h4-7,10H,3H2,1-2H3. The van der Waals surface area contributed by atoms with Gasteiger partial charge in [-0.05, 0) is 19.1 Å². The van der Waals surface area contributed by atoms with Crippen molar-refractivity contribution in [2.24, 2.45) is 0 Å². The molecule has 0 amide bonds. The molecule has 1 aromatic carbocycles. The third-order valence-electron chi connectivity index (χ3n) is 1.91. The molecule has 0 aliphatic heterocycles. The second-order valence-electron chi connectivity index (χ2n) is 2.87. The van der Waals surface area contributed by atoms with Crippen LogP contribution in [0.2, 0.25) is 0 Å². The molecule has 1 unspecified atom stereocenters. The van der Waals surface area contributed by atoms with Crippen molar-refractivity contribution in [1.82, 2.24) is 0 Å². The van der Waals surface area contributed by atoms with Crippen LogP contribution in [0.4, 0.5) is 5.69 Å². The summed E-state index contributed by atoms with van der Waals surface area (Å²) in [7, 11) is 1.53. The smallest absolute Gasteiger partial charge is 0.269 e. The van der Waals surface area contributed by atoms with Crippen LogP contribution in [0.1, 0.15) is 18.8 Å². The molecule has 0 saturated heterocycles. The number of methoxy groups -OCH3 is 1. The quantitative estimate of drug-likeness (QED) is 0.426. The van der Waals surface area contributed by atoms with Gasteiger partial charge in [-0.25, -0.2) is 0 Å². The van der Waals surface area contributed by atoms with Crippen LogP contribution in [0, 0.1) is 10.1 Å². The molecule has 0 N–H and O–H groups in total. The lowest BCUT2D eigenvalue weighted by Crippen LogP contribution is -2.06. The summed E-state index contributed by atoms with van der Waals surface area (Å²) in [5.74, 6) is 0. The van der Waals surface area contributed by atoms with Crippen molar-refractivity contribution in [2.75, 3.05) is 13.7 Å². The SMILES string of the molecule is CCOC(OC)c1ccc([N+](=O)[O-])cc1. The minimum atomic E-state index is -0.462. The number of nitro benzene ring substituents is 1. The molecule has 0 heterocycles. The highest BCUT2D eigenvalue weighted by Crippen LogP contribution is 2.20. The lowest BCUT2D eigenvalue weighted by atomic mass is 10.2. The lowest BCUT2D eigenvalue weighted by molar-refractivity contribution is -0.384. The van der Waals surface area contributed by atoms with Crippen molar-refractivity contribution >= 4 is 5.69 Å². The maximum Gasteiger partial charge on any atom is 0.269 e. The van der Waals surface area contributed by atoms with Crippen molar-refractivity contribution in [3.63, 3.8) is 0 Å². The van der Waals surface area contributed by atoms with Crippen LogP contribution < -0.4 is 0 Å². The summed E-state index contributed by atoms with van der Waals surface area (Å²) in [4.78, 5) is 9.98. The topological polar surface area (TPSA) is 61.6 Å². The molecule has 0 bridgehead atoms. The molecule has 0 radical (unpaired) electrons. The highest BCUT2D eigenvalue weighted by molar-refractivity contribution is 5.33. The van der Waals surface area contributed by atoms with Gasteiger partial charge < -0.3 is 9.47 Å². The molecule has 1 rings (SSSR count). The summed E-state index contributed by atoms with van der Waals surface area (Å²) in [5.41, 5.74) is 0.829. The van der Waals surface area contributed by atoms with E-state index in [0.717, 1.165) is 5.56 Å². The van der Waals surface area contributed by atoms with Gasteiger partial charge in [-0.1, -0.05) is 0 Å². The zero-order valence-corrected chi connectivity index (χ0v) is 8.67. The molecule has 0 aliphatic carbocycles. The Morgan fingerprint density at radius 1 is 1.40 bits per heavy atom. The van der Waals surface area contributed by atoms with E-state index in [-0.39, 0.29) is 5.69 Å². The van der Waals surface area contributed by atoms with Gasteiger partial charge >= 0.3 is 0 Å². The largest absolute Gasteiger partial charge is 0.352 e. The van der Waals surface area contributed by atoms with Gasteiger partial charge in [0.15, 0.2) is 6.29 Å². The summed E-state index contributed by atoms with van der Waals surface area (Å²) in [6.07, 6.45) is -0.462. The van der Waals surface area contributed by atoms with Gasteiger partial charge in [0.25, 0.3) is 5.69 Å². The van der Waals surface area contributed by atoms with Gasteiger partial charge in [0.1, 0.15) is 0 Å². The summed E-state index contributed by atoms with van der Waals surface area (Å²) in [6.45, 7) is 2.38. The Bertz CT molecular complexity index is 323. The first-order chi connectivity index (χ1) is 7.19. The van der Waals surface area contributed by atoms with Crippen LogP contribution in [-0.4, -0.2) is 18.6 Å². The maximum absolute atomic E-state index is 10.4. The van der Waals surface area contributed by atoms with E-state index in [1.54, 1.807) is 12.1 Å². The zero-order chi connectivity index (χ0) is 11.3. The second-order valence-corrected chi connectivity index (χ2v) is 2.87. The number of ether oxygens (including phenoxy) is 2. The number of rotatable bonds is 5. The Labute approximate surface area is 87.8 Å². The van der Waals surface area contributed by atoms with E-state index < -0.39 is 11.2 Å². The third kappa shape index (κ3) is 3.00. The van der Waals surface area contributed by atoms with Crippen molar-refractivity contribution in [3.05, 3.63) is 39.9 Å². The zero-order valence-electron chi connectivity index (χ0n) is 8.67. The molecule has 0 saturated carbocycles. The Morgan fingerprint density at radius 3 is 2.40 bits per heavy atom. The molecule has 1 atom stereocenters. The maximum atomic E-state index is 10.4. The van der Waals surface area contributed by atoms with Gasteiger partial charge in [0.2, 0.25) is 0 Å². The van der Waals surface area contributed by atoms with E-state index >= 15 is 0 Å². The fraction of sp³-hybridized carbons (Fsp3) is 0.400. The minimum absolute atomic E-state index is 0.0603. The molecule has 0 aromatic heterocycles. The Hall–Kier alpha value is -1.46. The molecule has 5 nitrogen and oxygen atoms in total. The number of benzene rings is 1. The summed E-state index contributed by atoms with van der Waals surface area (Å²) in [6, 6.07) is 6.12. The highest BCUT2D eigenvalue weighted by Gasteiger charge is 2.11. The van der Waals surface area contributed by atoms with Gasteiger partial charge in [-0.2, -0.15) is 0 Å². The molecule has 5 heteroatoms. The van der Waals surface area contributed by atoms with Crippen LogP contribution in [0.25, 0.3) is 0 Å². The Kier molecular flexibility index (Phi) is 4.20. The molecular formula is C10H13NO4. The predicted molar refractivity (Wildman–Crippen MR) is 54.5 cm³/mol. The first-order valence-corrected chi connectivity index (χ1v) is 4.57. The number of hydrogen-bond donors (Lipinski definition) is 0. The van der Waals surface area contributed by atoms with E-state index in [0.29, 0.717) is 6.61 Å². The summed E-state index contributed by atoms with van der Waals surface area (Å²) < 4.78 is 10.4. The van der Waals surface area contributed by atoms with E-state index in [2.05, 4.69) is 0 Å². The molecule has 0 spiro atoms. The monoisotopic (exact) mass is 211 g/mol. The van der Waals surface area contributed by atoms with Crippen LogP contribution >= 0.6 is 0 Å². The molecule has 1 aromatic rings. The Morgan fingerprint density at radius 2 is 2.00 bits per heavy atom. The van der Waals surface area contributed by atoms with E-state index in [9.17, 15) is 10.1 Å². The van der Waals surface area contributed by atoms with Crippen molar-refractivity contribution in [3.8, 4) is 0 Å². The average Bonchev–Trinajstić information content (AvgIpc) is 2.26. The van der Waals surface area contributed by atoms with Crippen LogP contribution in [-0.2, 0) is 9.47 Å². The molecule has 0 aliphatic rings. The summed E-state index contributed by atoms with van der Waals surface area (Å²) in [5, 5.41) is 10.4. The Balaban J connectivity index is 2.81. The first-order valence-electron chi connectivity index (χ1n) is 4.57. The summed E-state index contributed by atoms with van der Waals surface area (Å²) >= 11 is 0. The first kappa shape index (κ1) is 11.6. The average molecular weight is 211 g/mol. The van der Waals surface area contributed by atoms with Crippen LogP contribution in [0.3, 0.4) is 0 Å². The highest BCUT2D eigenvalue weighted by atomic mass is 16.7. The third-order valence-corrected chi connectivity index (χ3v) is 1.91. The minimum Gasteiger partial charge on any atom is -0.352 e. The van der Waals surface area contributed by atoms with Crippen molar-refractivity contribution in [2.45, 2.75) is 13.2 Å². The molecule has 0 fully saturated rings. The second kappa shape index (κ2) is 5.43. The van der Waals surface area contributed by atoms with Gasteiger partial charge in [-0.3, -0.25) is 10.1 Å². The number of non-ortho nitro benzene ring substituents is 1. The molecular weight excluding hydrogens is 198 g/mol. The van der Waals surface area contributed by atoms with Gasteiger partial charge in [-0.15, -0.1) is 0 Å². The van der Waals surface area contributed by atoms with Gasteiger partial charge in [0.05, 0.1) is 4.92 Å². The fourth-order valence-corrected chi connectivity index (χ4v) is 1.20. The van der Waals surface area contributed by atoms with Gasteiger partial charge in [0, 0.05) is 31.4 Å². The van der Waals surface area contributed by atoms with E-state index in [1.807, 2.05) is 6.92 Å². The van der Waals surface area contributed by atoms with Crippen LogP contribution in [0.5, 0.6) is 0 Å². The van der Waals surface area contributed by atoms with Crippen molar-refractivity contribution in [1.29, 1.82) is 0 Å².